The molecule has 0 aliphatic heterocycles. The fraction of sp³-hybridized carbons (Fsp3) is 0.333. The topological polar surface area (TPSA) is 96.0 Å². The van der Waals surface area contributed by atoms with Crippen LogP contribution in [0, 0.1) is 0 Å². The Balaban J connectivity index is 1.76. The van der Waals surface area contributed by atoms with Gasteiger partial charge in [0.15, 0.2) is 0 Å². The van der Waals surface area contributed by atoms with Gasteiger partial charge in [0.05, 0.1) is 11.9 Å². The van der Waals surface area contributed by atoms with E-state index in [9.17, 15) is 18.0 Å². The number of nitrogens with one attached hydrogen (secondary N) is 1. The zero-order valence-electron chi connectivity index (χ0n) is 22.7. The van der Waals surface area contributed by atoms with Crippen molar-refractivity contribution in [2.45, 2.75) is 39.3 Å². The summed E-state index contributed by atoms with van der Waals surface area (Å²) in [6, 6.07) is 25.2. The lowest BCUT2D eigenvalue weighted by atomic mass is 10.1. The van der Waals surface area contributed by atoms with Crippen molar-refractivity contribution in [3.8, 4) is 5.75 Å². The van der Waals surface area contributed by atoms with Crippen molar-refractivity contribution in [3.05, 3.63) is 96.1 Å². The molecule has 0 radical (unpaired) electrons. The summed E-state index contributed by atoms with van der Waals surface area (Å²) in [6.45, 7) is 4.33. The third kappa shape index (κ3) is 9.14. The lowest BCUT2D eigenvalue weighted by molar-refractivity contribution is -0.138. The molecule has 9 heteroatoms. The van der Waals surface area contributed by atoms with Crippen LogP contribution in [0.4, 0.5) is 5.69 Å². The lowest BCUT2D eigenvalue weighted by Gasteiger charge is -2.31. The van der Waals surface area contributed by atoms with E-state index in [2.05, 4.69) is 5.32 Å². The molecule has 1 N–H and O–H groups in total. The Labute approximate surface area is 231 Å². The van der Waals surface area contributed by atoms with Gasteiger partial charge < -0.3 is 15.0 Å². The van der Waals surface area contributed by atoms with Crippen molar-refractivity contribution < 1.29 is 22.7 Å². The molecule has 3 rings (SSSR count). The average molecular weight is 552 g/mol. The maximum Gasteiger partial charge on any atom is 0.244 e. The number of carbonyl (C=O) groups is 2. The molecule has 0 unspecified atom stereocenters. The first-order valence-corrected chi connectivity index (χ1v) is 14.9. The van der Waals surface area contributed by atoms with Crippen LogP contribution in [-0.2, 0) is 32.6 Å². The van der Waals surface area contributed by atoms with Gasteiger partial charge in [-0.15, -0.1) is 0 Å². The van der Waals surface area contributed by atoms with Crippen molar-refractivity contribution in [2.75, 3.05) is 30.2 Å². The number of rotatable bonds is 14. The first kappa shape index (κ1) is 29.7. The second kappa shape index (κ2) is 14.3. The highest BCUT2D eigenvalue weighted by molar-refractivity contribution is 7.92. The van der Waals surface area contributed by atoms with Crippen LogP contribution in [0.15, 0.2) is 84.9 Å². The van der Waals surface area contributed by atoms with Crippen LogP contribution in [0.25, 0.3) is 0 Å². The molecule has 39 heavy (non-hydrogen) atoms. The summed E-state index contributed by atoms with van der Waals surface area (Å²) >= 11 is 0. The Morgan fingerprint density at radius 3 is 2.05 bits per heavy atom. The molecule has 0 spiro atoms. The highest BCUT2D eigenvalue weighted by Gasteiger charge is 2.29. The number of ether oxygens (including phenoxy) is 1. The van der Waals surface area contributed by atoms with Crippen molar-refractivity contribution in [3.63, 3.8) is 0 Å². The van der Waals surface area contributed by atoms with Gasteiger partial charge in [0, 0.05) is 13.1 Å². The van der Waals surface area contributed by atoms with E-state index >= 15 is 0 Å². The van der Waals surface area contributed by atoms with Gasteiger partial charge in [0.2, 0.25) is 21.8 Å². The van der Waals surface area contributed by atoms with Gasteiger partial charge >= 0.3 is 0 Å². The fourth-order valence-electron chi connectivity index (χ4n) is 4.03. The monoisotopic (exact) mass is 551 g/mol. The number of hydrogen-bond acceptors (Lipinski definition) is 5. The van der Waals surface area contributed by atoms with Gasteiger partial charge in [-0.1, -0.05) is 67.6 Å². The highest BCUT2D eigenvalue weighted by atomic mass is 32.2. The Kier molecular flexibility index (Phi) is 10.9. The third-order valence-electron chi connectivity index (χ3n) is 6.25. The minimum absolute atomic E-state index is 0.271. The van der Waals surface area contributed by atoms with Crippen LogP contribution in [0.3, 0.4) is 0 Å². The van der Waals surface area contributed by atoms with E-state index in [4.69, 9.17) is 4.74 Å². The van der Waals surface area contributed by atoms with Gasteiger partial charge in [-0.3, -0.25) is 13.9 Å². The van der Waals surface area contributed by atoms with Crippen molar-refractivity contribution in [1.29, 1.82) is 0 Å². The summed E-state index contributed by atoms with van der Waals surface area (Å²) in [5.41, 5.74) is 2.36. The van der Waals surface area contributed by atoms with Crippen LogP contribution in [0.2, 0.25) is 0 Å². The number of amides is 2. The third-order valence-corrected chi connectivity index (χ3v) is 7.39. The fourth-order valence-corrected chi connectivity index (χ4v) is 4.88. The summed E-state index contributed by atoms with van der Waals surface area (Å²) in [5.74, 6) is -0.155. The molecule has 3 aromatic rings. The molecule has 0 fully saturated rings. The van der Waals surface area contributed by atoms with Gasteiger partial charge in [0.25, 0.3) is 0 Å². The SMILES string of the molecule is CCCNC(=O)[C@@H](C)N(CCc1ccccc1)C(=O)CN(c1ccc(OCc2ccccc2)cc1)S(C)(=O)=O. The maximum absolute atomic E-state index is 13.6. The van der Waals surface area contributed by atoms with Crippen LogP contribution in [0.5, 0.6) is 5.75 Å². The molecule has 0 aliphatic carbocycles. The Hall–Kier alpha value is -3.85. The average Bonchev–Trinajstić information content (AvgIpc) is 2.94. The Bertz CT molecular complexity index is 1300. The number of sulfonamides is 1. The minimum Gasteiger partial charge on any atom is -0.489 e. The molecule has 1 atom stereocenters. The second-order valence-corrected chi connectivity index (χ2v) is 11.2. The molecule has 0 saturated heterocycles. The normalized spacial score (nSPS) is 11.9. The zero-order chi connectivity index (χ0) is 28.3. The molecule has 8 nitrogen and oxygen atoms in total. The standard InChI is InChI=1S/C30H37N3O5S/c1-4-20-31-30(35)24(2)32(21-19-25-11-7-5-8-12-25)29(34)22-33(39(3,36)37)27-15-17-28(18-16-27)38-23-26-13-9-6-10-14-26/h5-18,24H,4,19-23H2,1-3H3,(H,31,35)/t24-/m1/s1. The number of carbonyl (C=O) groups excluding carboxylic acids is 2. The molecule has 3 aromatic carbocycles. The van der Waals surface area contributed by atoms with E-state index in [1.54, 1.807) is 31.2 Å². The molecule has 0 aliphatic rings. The van der Waals surface area contributed by atoms with Crippen molar-refractivity contribution in [2.24, 2.45) is 0 Å². The van der Waals surface area contributed by atoms with Gasteiger partial charge in [-0.05, 0) is 55.2 Å². The predicted molar refractivity (Wildman–Crippen MR) is 154 cm³/mol. The van der Waals surface area contributed by atoms with Crippen LogP contribution in [0.1, 0.15) is 31.4 Å². The van der Waals surface area contributed by atoms with Crippen LogP contribution >= 0.6 is 0 Å². The van der Waals surface area contributed by atoms with E-state index in [0.717, 1.165) is 28.1 Å². The summed E-state index contributed by atoms with van der Waals surface area (Å²) in [6.07, 6.45) is 2.36. The number of benzene rings is 3. The van der Waals surface area contributed by atoms with Gasteiger partial charge in [-0.25, -0.2) is 8.42 Å². The number of anilines is 1. The van der Waals surface area contributed by atoms with E-state index in [0.29, 0.717) is 31.0 Å². The summed E-state index contributed by atoms with van der Waals surface area (Å²) in [4.78, 5) is 27.8. The Morgan fingerprint density at radius 1 is 0.897 bits per heavy atom. The smallest absolute Gasteiger partial charge is 0.244 e. The number of nitrogens with zero attached hydrogens (tertiary/aromatic N) is 2. The van der Waals surface area contributed by atoms with Crippen LogP contribution < -0.4 is 14.4 Å². The predicted octanol–water partition coefficient (Wildman–Crippen LogP) is 4.02. The second-order valence-electron chi connectivity index (χ2n) is 9.33. The molecule has 0 aromatic heterocycles. The molecular weight excluding hydrogens is 514 g/mol. The van der Waals surface area contributed by atoms with E-state index in [1.165, 1.54) is 4.90 Å². The van der Waals surface area contributed by atoms with E-state index in [-0.39, 0.29) is 12.5 Å². The summed E-state index contributed by atoms with van der Waals surface area (Å²) in [7, 11) is -3.80. The first-order chi connectivity index (χ1) is 18.7. The van der Waals surface area contributed by atoms with Crippen molar-refractivity contribution in [1.82, 2.24) is 10.2 Å². The first-order valence-electron chi connectivity index (χ1n) is 13.0. The van der Waals surface area contributed by atoms with Crippen molar-refractivity contribution >= 4 is 27.5 Å². The Morgan fingerprint density at radius 2 is 1.49 bits per heavy atom. The van der Waals surface area contributed by atoms with Gasteiger partial charge in [0.1, 0.15) is 24.9 Å². The minimum atomic E-state index is -3.80. The van der Waals surface area contributed by atoms with Gasteiger partial charge in [-0.2, -0.15) is 0 Å². The molecule has 0 saturated carbocycles. The van der Waals surface area contributed by atoms with Crippen LogP contribution in [-0.4, -0.2) is 57.1 Å². The zero-order valence-corrected chi connectivity index (χ0v) is 23.6. The summed E-state index contributed by atoms with van der Waals surface area (Å²) in [5, 5.41) is 2.83. The summed E-state index contributed by atoms with van der Waals surface area (Å²) < 4.78 is 32.4. The molecule has 2 amide bonds. The van der Waals surface area contributed by atoms with E-state index < -0.39 is 28.5 Å². The quantitative estimate of drug-likeness (QED) is 0.327. The number of hydrogen-bond donors (Lipinski definition) is 1. The molecule has 0 bridgehead atoms. The lowest BCUT2D eigenvalue weighted by Crippen LogP contribution is -2.52. The maximum atomic E-state index is 13.6. The van der Waals surface area contributed by atoms with E-state index in [1.807, 2.05) is 67.6 Å². The molecular formula is C30H37N3O5S. The largest absolute Gasteiger partial charge is 0.489 e. The molecule has 208 valence electrons. The molecule has 0 heterocycles. The highest BCUT2D eigenvalue weighted by Crippen LogP contribution is 2.23.